The van der Waals surface area contributed by atoms with E-state index in [4.69, 9.17) is 10.5 Å². The number of nitrogens with two attached hydrogens (primary N) is 1. The fourth-order valence-corrected chi connectivity index (χ4v) is 6.60. The Morgan fingerprint density at radius 3 is 2.49 bits per heavy atom. The largest absolute Gasteiger partial charge is 0.416 e. The van der Waals surface area contributed by atoms with Crippen LogP contribution in [0, 0.1) is 12.7 Å². The molecule has 8 nitrogen and oxygen atoms in total. The van der Waals surface area contributed by atoms with Crippen LogP contribution in [0.15, 0.2) is 76.6 Å². The Bertz CT molecular complexity index is 1830. The van der Waals surface area contributed by atoms with Crippen LogP contribution in [0.25, 0.3) is 0 Å². The van der Waals surface area contributed by atoms with Gasteiger partial charge in [-0.3, -0.25) is 18.9 Å². The van der Waals surface area contributed by atoms with Crippen LogP contribution in [0.3, 0.4) is 0 Å². The summed E-state index contributed by atoms with van der Waals surface area (Å²) in [4.78, 5) is 33.0. The van der Waals surface area contributed by atoms with E-state index in [1.165, 1.54) is 0 Å². The minimum atomic E-state index is -4.88. The minimum Gasteiger partial charge on any atom is -0.360 e. The van der Waals surface area contributed by atoms with Gasteiger partial charge >= 0.3 is 11.9 Å². The number of hydrogen-bond donors (Lipinski definition) is 2. The molecular weight excluding hydrogens is 590 g/mol. The number of ether oxygens (including phenoxy) is 1. The molecule has 0 bridgehead atoms. The van der Waals surface area contributed by atoms with Gasteiger partial charge in [-0.25, -0.2) is 9.18 Å². The first-order chi connectivity index (χ1) is 21.5. The summed E-state index contributed by atoms with van der Waals surface area (Å²) in [6, 6.07) is 12.7. The van der Waals surface area contributed by atoms with E-state index >= 15 is 4.39 Å². The number of piperidine rings is 1. The van der Waals surface area contributed by atoms with Gasteiger partial charge in [0.1, 0.15) is 17.5 Å². The first kappa shape index (κ1) is 30.9. The highest BCUT2D eigenvalue weighted by atomic mass is 19.4. The minimum absolute atomic E-state index is 0.161. The molecule has 2 aliphatic rings. The predicted molar refractivity (Wildman–Crippen MR) is 159 cm³/mol. The van der Waals surface area contributed by atoms with Crippen LogP contribution in [0.2, 0.25) is 0 Å². The number of hydrogen-bond acceptors (Lipinski definition) is 6. The molecule has 2 aromatic carbocycles. The number of nitrogens with zero attached hydrogens (tertiary/aromatic N) is 3. The van der Waals surface area contributed by atoms with Crippen molar-refractivity contribution >= 4 is 0 Å². The van der Waals surface area contributed by atoms with E-state index in [1.54, 1.807) is 42.7 Å². The number of pyridine rings is 1. The van der Waals surface area contributed by atoms with Crippen molar-refractivity contribution in [1.82, 2.24) is 19.4 Å². The Morgan fingerprint density at radius 2 is 1.80 bits per heavy atom. The molecule has 236 valence electrons. The molecule has 1 saturated heterocycles. The van der Waals surface area contributed by atoms with Gasteiger partial charge in [0.2, 0.25) is 0 Å². The molecule has 0 amide bonds. The highest BCUT2D eigenvalue weighted by Crippen LogP contribution is 2.48. The van der Waals surface area contributed by atoms with Crippen molar-refractivity contribution in [3.63, 3.8) is 0 Å². The maximum absolute atomic E-state index is 15.2. The number of rotatable bonds is 7. The lowest BCUT2D eigenvalue weighted by Gasteiger charge is -2.34. The quantitative estimate of drug-likeness (QED) is 0.294. The first-order valence-corrected chi connectivity index (χ1v) is 14.8. The number of nitrogens with one attached hydrogen (secondary N) is 1. The summed E-state index contributed by atoms with van der Waals surface area (Å²) in [7, 11) is 0. The Kier molecular flexibility index (Phi) is 8.23. The molecule has 1 fully saturated rings. The van der Waals surface area contributed by atoms with Gasteiger partial charge in [-0.15, -0.1) is 0 Å². The third-order valence-corrected chi connectivity index (χ3v) is 8.71. The van der Waals surface area contributed by atoms with E-state index in [9.17, 15) is 22.8 Å². The van der Waals surface area contributed by atoms with Gasteiger partial charge in [-0.05, 0) is 61.7 Å². The molecule has 4 heterocycles. The summed E-state index contributed by atoms with van der Waals surface area (Å²) in [6.45, 7) is 1.91. The molecule has 6 rings (SSSR count). The number of aromatic nitrogens is 3. The molecule has 2 aliphatic heterocycles. The van der Waals surface area contributed by atoms with Crippen molar-refractivity contribution in [2.45, 2.75) is 63.2 Å². The number of aryl methyl sites for hydroxylation is 1. The van der Waals surface area contributed by atoms with Crippen LogP contribution in [0.1, 0.15) is 64.1 Å². The van der Waals surface area contributed by atoms with E-state index in [0.29, 0.717) is 31.5 Å². The third-order valence-electron chi connectivity index (χ3n) is 8.71. The third kappa shape index (κ3) is 5.85. The van der Waals surface area contributed by atoms with E-state index in [1.807, 2.05) is 13.0 Å². The average Bonchev–Trinajstić information content (AvgIpc) is 3.30. The van der Waals surface area contributed by atoms with Crippen molar-refractivity contribution in [2.24, 2.45) is 5.73 Å². The Balaban J connectivity index is 1.59. The predicted octanol–water partition coefficient (Wildman–Crippen LogP) is 4.51. The second-order valence-corrected chi connectivity index (χ2v) is 11.8. The molecule has 45 heavy (non-hydrogen) atoms. The van der Waals surface area contributed by atoms with Crippen LogP contribution in [0.5, 0.6) is 0 Å². The topological polar surface area (TPSA) is 104 Å². The van der Waals surface area contributed by atoms with Gasteiger partial charge in [0, 0.05) is 30.4 Å². The molecule has 4 aromatic rings. The van der Waals surface area contributed by atoms with Crippen LogP contribution < -0.4 is 22.3 Å². The number of benzene rings is 2. The smallest absolute Gasteiger partial charge is 0.360 e. The summed E-state index contributed by atoms with van der Waals surface area (Å²) < 4.78 is 66.4. The highest BCUT2D eigenvalue weighted by Gasteiger charge is 2.50. The molecule has 3 N–H and O–H groups in total. The van der Waals surface area contributed by atoms with Gasteiger partial charge < -0.3 is 15.8 Å². The fourth-order valence-electron chi connectivity index (χ4n) is 6.60. The van der Waals surface area contributed by atoms with Gasteiger partial charge in [0.25, 0.3) is 5.56 Å². The molecule has 2 aromatic heterocycles. The number of halogens is 4. The maximum atomic E-state index is 15.2. The molecule has 1 spiro atoms. The standard InChI is InChI=1S/C33H33F4N5O3/c1-20-14-21(17-40-16-20)15-27-29-28(32(45-27)10-12-39-13-11-32)30(43)42(19-26(38)22-6-3-2-4-7-22)31(44)41(29)18-23-24(33(35,36)37)8-5-9-25(23)34/h2-9,14,16-17,26-27,39H,10-13,15,18-19,38H2,1H3/t26-,27+/m0/s1. The summed E-state index contributed by atoms with van der Waals surface area (Å²) in [5.74, 6) is -1.11. The summed E-state index contributed by atoms with van der Waals surface area (Å²) in [6.07, 6.45) is -1.43. The van der Waals surface area contributed by atoms with E-state index < -0.39 is 58.7 Å². The average molecular weight is 624 g/mol. The SMILES string of the molecule is Cc1cncc(C[C@H]2OC3(CCNCC3)c3c2n(Cc2c(F)cccc2C(F)(F)F)c(=O)n(C[C@H](N)c2ccccc2)c3=O)c1. The van der Waals surface area contributed by atoms with E-state index in [2.05, 4.69) is 10.3 Å². The number of alkyl halides is 3. The number of fused-ring (bicyclic) bond motifs is 2. The Hall–Kier alpha value is -4.13. The zero-order valence-corrected chi connectivity index (χ0v) is 24.6. The second kappa shape index (κ2) is 12.0. The van der Waals surface area contributed by atoms with Crippen LogP contribution >= 0.6 is 0 Å². The highest BCUT2D eigenvalue weighted by molar-refractivity contribution is 5.37. The molecular formula is C33H33F4N5O3. The summed E-state index contributed by atoms with van der Waals surface area (Å²) in [5.41, 5.74) is 4.66. The lowest BCUT2D eigenvalue weighted by atomic mass is 9.85. The van der Waals surface area contributed by atoms with Crippen molar-refractivity contribution < 1.29 is 22.3 Å². The maximum Gasteiger partial charge on any atom is 0.416 e. The van der Waals surface area contributed by atoms with Crippen LogP contribution in [-0.4, -0.2) is 27.2 Å². The molecule has 2 atom stereocenters. The molecule has 0 saturated carbocycles. The van der Waals surface area contributed by atoms with Gasteiger partial charge in [0.05, 0.1) is 29.9 Å². The van der Waals surface area contributed by atoms with Crippen molar-refractivity contribution in [3.05, 3.63) is 133 Å². The van der Waals surface area contributed by atoms with Crippen LogP contribution in [-0.2, 0) is 36.0 Å². The second-order valence-electron chi connectivity index (χ2n) is 11.8. The fraction of sp³-hybridized carbons (Fsp3) is 0.364. The van der Waals surface area contributed by atoms with Crippen molar-refractivity contribution in [2.75, 3.05) is 13.1 Å². The van der Waals surface area contributed by atoms with Gasteiger partial charge in [0.15, 0.2) is 0 Å². The van der Waals surface area contributed by atoms with E-state index in [-0.39, 0.29) is 24.2 Å². The zero-order valence-electron chi connectivity index (χ0n) is 24.6. The van der Waals surface area contributed by atoms with Gasteiger partial charge in [-0.1, -0.05) is 42.5 Å². The van der Waals surface area contributed by atoms with Gasteiger partial charge in [-0.2, -0.15) is 13.2 Å². The van der Waals surface area contributed by atoms with E-state index in [0.717, 1.165) is 38.5 Å². The Labute approximate surface area is 256 Å². The molecule has 0 radical (unpaired) electrons. The van der Waals surface area contributed by atoms with Crippen molar-refractivity contribution in [3.8, 4) is 0 Å². The summed E-state index contributed by atoms with van der Waals surface area (Å²) in [5, 5.41) is 3.26. The molecule has 0 unspecified atom stereocenters. The Morgan fingerprint density at radius 1 is 1.07 bits per heavy atom. The first-order valence-electron chi connectivity index (χ1n) is 14.8. The van der Waals surface area contributed by atoms with Crippen molar-refractivity contribution in [1.29, 1.82) is 0 Å². The molecule has 12 heteroatoms. The zero-order chi connectivity index (χ0) is 31.9. The lowest BCUT2D eigenvalue weighted by molar-refractivity contribution is -0.138. The summed E-state index contributed by atoms with van der Waals surface area (Å²) >= 11 is 0. The lowest BCUT2D eigenvalue weighted by Crippen LogP contribution is -2.49. The monoisotopic (exact) mass is 623 g/mol. The normalized spacial score (nSPS) is 18.2. The molecule has 0 aliphatic carbocycles. The van der Waals surface area contributed by atoms with Crippen LogP contribution in [0.4, 0.5) is 17.6 Å².